The fourth-order valence-electron chi connectivity index (χ4n) is 2.75. The van der Waals surface area contributed by atoms with Crippen LogP contribution in [0.1, 0.15) is 23.4 Å². The predicted molar refractivity (Wildman–Crippen MR) is 119 cm³/mol. The molecule has 1 aliphatic heterocycles. The molecule has 3 rings (SSSR count). The molecule has 0 fully saturated rings. The summed E-state index contributed by atoms with van der Waals surface area (Å²) in [4.78, 5) is 8.00. The molecule has 2 N–H and O–H groups in total. The fraction of sp³-hybridized carbons (Fsp3) is 0.316. The van der Waals surface area contributed by atoms with Crippen LogP contribution in [0.25, 0.3) is 0 Å². The van der Waals surface area contributed by atoms with Crippen molar-refractivity contribution in [1.29, 1.82) is 0 Å². The van der Waals surface area contributed by atoms with E-state index in [4.69, 9.17) is 0 Å². The van der Waals surface area contributed by atoms with Crippen LogP contribution < -0.4 is 15.5 Å². The van der Waals surface area contributed by atoms with Gasteiger partial charge in [0.2, 0.25) is 0 Å². The highest BCUT2D eigenvalue weighted by Crippen LogP contribution is 2.19. The van der Waals surface area contributed by atoms with Crippen LogP contribution in [0.3, 0.4) is 0 Å². The van der Waals surface area contributed by atoms with Crippen molar-refractivity contribution in [3.05, 3.63) is 64.4 Å². The quantitative estimate of drug-likeness (QED) is 0.300. The molecular formula is C19H25IN4S. The molecule has 0 aliphatic carbocycles. The number of hydrogen-bond donors (Lipinski definition) is 2. The topological polar surface area (TPSA) is 39.7 Å². The molecule has 0 spiro atoms. The smallest absolute Gasteiger partial charge is 0.191 e. The summed E-state index contributed by atoms with van der Waals surface area (Å²) in [6, 6.07) is 13.2. The van der Waals surface area contributed by atoms with Crippen LogP contribution in [-0.2, 0) is 6.54 Å². The van der Waals surface area contributed by atoms with Gasteiger partial charge in [-0.2, -0.15) is 0 Å². The van der Waals surface area contributed by atoms with Crippen LogP contribution in [-0.4, -0.2) is 26.1 Å². The van der Waals surface area contributed by atoms with E-state index in [1.807, 2.05) is 7.05 Å². The maximum absolute atomic E-state index is 4.33. The molecule has 134 valence electrons. The maximum Gasteiger partial charge on any atom is 0.191 e. The Balaban J connectivity index is 0.00000225. The average Bonchev–Trinajstić information content (AvgIpc) is 3.32. The molecule has 1 atom stereocenters. The molecular weight excluding hydrogens is 443 g/mol. The zero-order chi connectivity index (χ0) is 16.8. The molecule has 1 aromatic heterocycles. The fourth-order valence-corrected chi connectivity index (χ4v) is 3.48. The first kappa shape index (κ1) is 19.8. The van der Waals surface area contributed by atoms with Gasteiger partial charge in [0, 0.05) is 37.2 Å². The van der Waals surface area contributed by atoms with Crippen LogP contribution in [0.5, 0.6) is 0 Å². The molecule has 2 heterocycles. The highest BCUT2D eigenvalue weighted by Gasteiger charge is 2.10. The molecule has 1 aliphatic rings. The summed E-state index contributed by atoms with van der Waals surface area (Å²) in [5.41, 5.74) is 2.53. The van der Waals surface area contributed by atoms with Gasteiger partial charge in [0.25, 0.3) is 0 Å². The van der Waals surface area contributed by atoms with E-state index in [0.29, 0.717) is 0 Å². The number of aliphatic imine (C=N–C) groups is 1. The number of halogens is 1. The van der Waals surface area contributed by atoms with Crippen molar-refractivity contribution in [1.82, 2.24) is 10.6 Å². The molecule has 25 heavy (non-hydrogen) atoms. The summed E-state index contributed by atoms with van der Waals surface area (Å²) in [6.07, 6.45) is 4.42. The van der Waals surface area contributed by atoms with Crippen molar-refractivity contribution in [2.24, 2.45) is 4.99 Å². The van der Waals surface area contributed by atoms with Crippen LogP contribution in [0.15, 0.2) is 58.9 Å². The molecule has 1 aromatic carbocycles. The Kier molecular flexibility index (Phi) is 7.77. The summed E-state index contributed by atoms with van der Waals surface area (Å²) >= 11 is 1.76. The standard InChI is InChI=1S/C19H24N4S.HI/c1-15(18-9-6-12-24-18)22-19(20-2)21-14-16-7-5-8-17(13-16)23-10-3-4-11-23;/h3-9,12-13,15H,10-11,14H2,1-2H3,(H2,20,21,22);1H. The maximum atomic E-state index is 4.33. The third-order valence-corrected chi connectivity index (χ3v) is 5.16. The number of nitrogens with zero attached hydrogens (tertiary/aromatic N) is 2. The van der Waals surface area contributed by atoms with Gasteiger partial charge in [-0.3, -0.25) is 4.99 Å². The number of anilines is 1. The first-order chi connectivity index (χ1) is 11.8. The minimum atomic E-state index is 0. The number of benzene rings is 1. The van der Waals surface area contributed by atoms with E-state index < -0.39 is 0 Å². The molecule has 0 saturated heterocycles. The second-order valence-corrected chi connectivity index (χ2v) is 6.83. The number of rotatable bonds is 5. The Morgan fingerprint density at radius 3 is 2.72 bits per heavy atom. The Hall–Kier alpha value is -1.54. The van der Waals surface area contributed by atoms with Crippen molar-refractivity contribution in [2.45, 2.75) is 19.5 Å². The van der Waals surface area contributed by atoms with Crippen molar-refractivity contribution in [2.75, 3.05) is 25.0 Å². The molecule has 4 nitrogen and oxygen atoms in total. The lowest BCUT2D eigenvalue weighted by Gasteiger charge is -2.19. The largest absolute Gasteiger partial charge is 0.364 e. The van der Waals surface area contributed by atoms with Gasteiger partial charge in [0.05, 0.1) is 6.04 Å². The second-order valence-electron chi connectivity index (χ2n) is 5.85. The van der Waals surface area contributed by atoms with Crippen LogP contribution in [0.2, 0.25) is 0 Å². The molecule has 0 amide bonds. The Labute approximate surface area is 171 Å². The number of guanidine groups is 1. The van der Waals surface area contributed by atoms with Crippen LogP contribution >= 0.6 is 35.3 Å². The summed E-state index contributed by atoms with van der Waals surface area (Å²) in [5.74, 6) is 0.823. The van der Waals surface area contributed by atoms with Crippen molar-refractivity contribution < 1.29 is 0 Å². The van der Waals surface area contributed by atoms with E-state index in [2.05, 4.69) is 81.4 Å². The SMILES string of the molecule is CN=C(NCc1cccc(N2CC=CC2)c1)NC(C)c1cccs1.I. The van der Waals surface area contributed by atoms with Crippen molar-refractivity contribution >= 4 is 47.0 Å². The Morgan fingerprint density at radius 2 is 2.04 bits per heavy atom. The summed E-state index contributed by atoms with van der Waals surface area (Å²) in [5, 5.41) is 8.94. The van der Waals surface area contributed by atoms with Gasteiger partial charge in [-0.1, -0.05) is 30.4 Å². The van der Waals surface area contributed by atoms with E-state index in [1.54, 1.807) is 11.3 Å². The third kappa shape index (κ3) is 5.47. The zero-order valence-electron chi connectivity index (χ0n) is 14.6. The van der Waals surface area contributed by atoms with Crippen molar-refractivity contribution in [3.8, 4) is 0 Å². The first-order valence-electron chi connectivity index (χ1n) is 8.26. The minimum Gasteiger partial charge on any atom is -0.364 e. The van der Waals surface area contributed by atoms with Gasteiger partial charge in [-0.05, 0) is 36.1 Å². The molecule has 2 aromatic rings. The van der Waals surface area contributed by atoms with E-state index in [9.17, 15) is 0 Å². The predicted octanol–water partition coefficient (Wildman–Crippen LogP) is 4.17. The number of thiophene rings is 1. The van der Waals surface area contributed by atoms with E-state index in [-0.39, 0.29) is 30.0 Å². The molecule has 1 unspecified atom stereocenters. The van der Waals surface area contributed by atoms with E-state index in [0.717, 1.165) is 25.6 Å². The molecule has 6 heteroatoms. The lowest BCUT2D eigenvalue weighted by atomic mass is 10.2. The van der Waals surface area contributed by atoms with Gasteiger partial charge < -0.3 is 15.5 Å². The average molecular weight is 468 g/mol. The lowest BCUT2D eigenvalue weighted by Crippen LogP contribution is -2.38. The molecule has 0 radical (unpaired) electrons. The normalized spacial score (nSPS) is 15.0. The Bertz CT molecular complexity index is 704. The van der Waals surface area contributed by atoms with Gasteiger partial charge in [0.15, 0.2) is 5.96 Å². The monoisotopic (exact) mass is 468 g/mol. The van der Waals surface area contributed by atoms with Crippen LogP contribution in [0, 0.1) is 0 Å². The number of hydrogen-bond acceptors (Lipinski definition) is 3. The second kappa shape index (κ2) is 9.82. The summed E-state index contributed by atoms with van der Waals surface area (Å²) in [7, 11) is 1.81. The highest BCUT2D eigenvalue weighted by molar-refractivity contribution is 14.0. The lowest BCUT2D eigenvalue weighted by molar-refractivity contribution is 0.696. The highest BCUT2D eigenvalue weighted by atomic mass is 127. The van der Waals surface area contributed by atoms with Gasteiger partial charge in [-0.25, -0.2) is 0 Å². The number of nitrogens with one attached hydrogen (secondary N) is 2. The van der Waals surface area contributed by atoms with Gasteiger partial charge in [-0.15, -0.1) is 35.3 Å². The first-order valence-corrected chi connectivity index (χ1v) is 9.13. The summed E-state index contributed by atoms with van der Waals surface area (Å²) in [6.45, 7) is 4.91. The summed E-state index contributed by atoms with van der Waals surface area (Å²) < 4.78 is 0. The van der Waals surface area contributed by atoms with Crippen molar-refractivity contribution in [3.63, 3.8) is 0 Å². The van der Waals surface area contributed by atoms with Gasteiger partial charge in [0.1, 0.15) is 0 Å². The zero-order valence-corrected chi connectivity index (χ0v) is 17.8. The Morgan fingerprint density at radius 1 is 1.24 bits per heavy atom. The van der Waals surface area contributed by atoms with Crippen LogP contribution in [0.4, 0.5) is 5.69 Å². The molecule has 0 saturated carbocycles. The van der Waals surface area contributed by atoms with Gasteiger partial charge >= 0.3 is 0 Å². The molecule has 0 bridgehead atoms. The third-order valence-electron chi connectivity index (χ3n) is 4.10. The minimum absolute atomic E-state index is 0. The van der Waals surface area contributed by atoms with E-state index in [1.165, 1.54) is 16.1 Å². The van der Waals surface area contributed by atoms with E-state index >= 15 is 0 Å².